The second-order valence-electron chi connectivity index (χ2n) is 15.8. The van der Waals surface area contributed by atoms with Gasteiger partial charge in [0.25, 0.3) is 5.91 Å². The third-order valence-electron chi connectivity index (χ3n) is 11.6. The van der Waals surface area contributed by atoms with Crippen molar-refractivity contribution in [3.05, 3.63) is 48.2 Å². The van der Waals surface area contributed by atoms with Crippen LogP contribution in [0.5, 0.6) is 5.88 Å². The van der Waals surface area contributed by atoms with E-state index in [1.54, 1.807) is 17.7 Å². The smallest absolute Gasteiger partial charge is 0.408 e. The monoisotopic (exact) mass is 791 g/mol. The Labute approximate surface area is 325 Å². The molecule has 1 saturated heterocycles. The van der Waals surface area contributed by atoms with E-state index in [2.05, 4.69) is 15.4 Å². The first-order valence-electron chi connectivity index (χ1n) is 19.8. The zero-order chi connectivity index (χ0) is 39.0. The summed E-state index contributed by atoms with van der Waals surface area (Å²) in [6.07, 6.45) is 10.1. The number of benzene rings is 1. The molecule has 3 N–H and O–H groups in total. The van der Waals surface area contributed by atoms with Crippen LogP contribution < -0.4 is 20.1 Å². The molecule has 56 heavy (non-hydrogen) atoms. The summed E-state index contributed by atoms with van der Waals surface area (Å²) in [7, 11) is -2.33. The molecule has 3 aliphatic carbocycles. The Morgan fingerprint density at radius 1 is 1.02 bits per heavy atom. The lowest BCUT2D eigenvalue weighted by molar-refractivity contribution is -0.141. The van der Waals surface area contributed by atoms with Gasteiger partial charge in [-0.15, -0.1) is 0 Å². The van der Waals surface area contributed by atoms with Crippen molar-refractivity contribution in [1.82, 2.24) is 34.9 Å². The average Bonchev–Trinajstić information content (AvgIpc) is 3.98. The number of nitrogens with one attached hydrogen (secondary N) is 3. The minimum absolute atomic E-state index is 0.0183. The van der Waals surface area contributed by atoms with E-state index in [1.807, 2.05) is 36.4 Å². The number of hydrogen-bond donors (Lipinski definition) is 3. The molecule has 16 nitrogen and oxygen atoms in total. The summed E-state index contributed by atoms with van der Waals surface area (Å²) in [5.41, 5.74) is 0.341. The lowest BCUT2D eigenvalue weighted by Gasteiger charge is -2.30. The number of allylic oxidation sites excluding steroid dienone is 1. The highest BCUT2D eigenvalue weighted by molar-refractivity contribution is 7.91. The van der Waals surface area contributed by atoms with E-state index in [1.165, 1.54) is 4.90 Å². The first-order valence-corrected chi connectivity index (χ1v) is 21.3. The van der Waals surface area contributed by atoms with Crippen molar-refractivity contribution in [3.63, 3.8) is 0 Å². The zero-order valence-electron chi connectivity index (χ0n) is 31.5. The maximum Gasteiger partial charge on any atom is 0.408 e. The van der Waals surface area contributed by atoms with Crippen LogP contribution in [0.1, 0.15) is 89.2 Å². The van der Waals surface area contributed by atoms with Crippen LogP contribution in [0.15, 0.2) is 42.5 Å². The van der Waals surface area contributed by atoms with Gasteiger partial charge in [0.15, 0.2) is 5.65 Å². The highest BCUT2D eigenvalue weighted by Crippen LogP contribution is 2.46. The van der Waals surface area contributed by atoms with Crippen LogP contribution in [0.3, 0.4) is 0 Å². The van der Waals surface area contributed by atoms with Gasteiger partial charge in [-0.25, -0.2) is 18.2 Å². The lowest BCUT2D eigenvalue weighted by atomic mass is 10.0. The van der Waals surface area contributed by atoms with Gasteiger partial charge in [0.05, 0.1) is 29.6 Å². The molecule has 5 atom stereocenters. The fraction of sp³-hybridized carbons (Fsp3) is 0.590. The van der Waals surface area contributed by atoms with Crippen molar-refractivity contribution in [2.45, 2.75) is 125 Å². The molecule has 2 aliphatic heterocycles. The molecule has 4 heterocycles. The number of carbonyl (C=O) groups is 4. The van der Waals surface area contributed by atoms with Crippen LogP contribution in [0.25, 0.3) is 16.6 Å². The molecule has 300 valence electrons. The van der Waals surface area contributed by atoms with Gasteiger partial charge in [-0.3, -0.25) is 19.1 Å². The Balaban J connectivity index is 1.11. The molecular formula is C39H49N7O9S. The number of ether oxygens (including phenoxy) is 3. The molecule has 3 saturated carbocycles. The summed E-state index contributed by atoms with van der Waals surface area (Å²) in [5, 5.41) is 10.6. The van der Waals surface area contributed by atoms with Crippen molar-refractivity contribution in [2.24, 2.45) is 5.92 Å². The fourth-order valence-corrected chi connectivity index (χ4v) is 9.67. The average molecular weight is 792 g/mol. The van der Waals surface area contributed by atoms with E-state index in [-0.39, 0.29) is 32.1 Å². The van der Waals surface area contributed by atoms with Crippen LogP contribution in [-0.2, 0) is 40.5 Å². The quantitative estimate of drug-likeness (QED) is 0.269. The number of aromatic nitrogens is 3. The van der Waals surface area contributed by atoms with E-state index in [4.69, 9.17) is 24.3 Å². The van der Waals surface area contributed by atoms with Gasteiger partial charge in [-0.05, 0) is 76.3 Å². The molecule has 3 aromatic rings. The van der Waals surface area contributed by atoms with Crippen LogP contribution in [0.4, 0.5) is 4.79 Å². The first-order chi connectivity index (χ1) is 27.0. The molecule has 8 rings (SSSR count). The molecule has 0 unspecified atom stereocenters. The molecule has 4 amide bonds. The summed E-state index contributed by atoms with van der Waals surface area (Å²) in [4.78, 5) is 62.2. The summed E-state index contributed by atoms with van der Waals surface area (Å²) >= 11 is 0. The number of hydrogen-bond acceptors (Lipinski definition) is 11. The van der Waals surface area contributed by atoms with E-state index in [0.29, 0.717) is 54.8 Å². The van der Waals surface area contributed by atoms with Gasteiger partial charge in [-0.2, -0.15) is 9.61 Å². The van der Waals surface area contributed by atoms with Crippen molar-refractivity contribution in [3.8, 4) is 5.88 Å². The van der Waals surface area contributed by atoms with Crippen LogP contribution in [0, 0.1) is 5.92 Å². The summed E-state index contributed by atoms with van der Waals surface area (Å²) in [5.74, 6) is -1.97. The van der Waals surface area contributed by atoms with Gasteiger partial charge in [0, 0.05) is 30.9 Å². The highest BCUT2D eigenvalue weighted by atomic mass is 32.2. The maximum absolute atomic E-state index is 14.6. The second kappa shape index (κ2) is 15.6. The summed E-state index contributed by atoms with van der Waals surface area (Å²) in [6, 6.07) is 7.16. The van der Waals surface area contributed by atoms with E-state index in [0.717, 1.165) is 43.9 Å². The van der Waals surface area contributed by atoms with Crippen molar-refractivity contribution in [1.29, 1.82) is 0 Å². The molecule has 17 heteroatoms. The molecule has 4 fully saturated rings. The number of alkyl carbamates (subject to hydrolysis) is 1. The molecule has 0 radical (unpaired) electrons. The van der Waals surface area contributed by atoms with Gasteiger partial charge in [0.1, 0.15) is 29.8 Å². The number of carbonyl (C=O) groups excluding carboxylic acids is 4. The fourth-order valence-electron chi connectivity index (χ4n) is 8.31. The SMILES string of the molecule is COCc1cc(O[C@@H]2C[C@H]3C(=O)N[C@]4(C(=O)NS(=O)(=O)C5CC5)C[C@H]4C=CCCCCC[C@H](NC(=O)OC4CCCC4)C(=O)N3C2)n2nc3ccccc3c2n1. The predicted molar refractivity (Wildman–Crippen MR) is 203 cm³/mol. The Morgan fingerprint density at radius 2 is 1.80 bits per heavy atom. The Bertz CT molecular complexity index is 2150. The topological polar surface area (TPSA) is 200 Å². The minimum Gasteiger partial charge on any atom is -0.472 e. The molecule has 0 spiro atoms. The van der Waals surface area contributed by atoms with E-state index >= 15 is 0 Å². The van der Waals surface area contributed by atoms with Crippen LogP contribution in [0.2, 0.25) is 0 Å². The third-order valence-corrected chi connectivity index (χ3v) is 13.4. The van der Waals surface area contributed by atoms with Gasteiger partial charge < -0.3 is 29.7 Å². The Kier molecular flexibility index (Phi) is 10.6. The normalized spacial score (nSPS) is 27.6. The lowest BCUT2D eigenvalue weighted by Crippen LogP contribution is -2.58. The summed E-state index contributed by atoms with van der Waals surface area (Å²) < 4.78 is 47.3. The number of sulfonamides is 1. The standard InChI is InChI=1S/C39H49N7O9S/c1-53-23-25-19-33(46-34(40-25)29-14-9-10-15-30(29)43-46)54-27-20-32-35(47)42-39(37(49)44-56(51,52)28-17-18-28)21-24(39)11-5-3-2-4-6-16-31(36(48)45(32)22-27)41-38(50)55-26-12-7-8-13-26/h5,9-11,14-15,19,24,26-28,31-32H,2-4,6-8,12-13,16-18,20-23H2,1H3,(H,41,50)(H,42,47)(H,44,49)/t24-,27-,31+,32+,39-/m1/s1. The largest absolute Gasteiger partial charge is 0.472 e. The first kappa shape index (κ1) is 38.1. The highest BCUT2D eigenvalue weighted by Gasteiger charge is 2.62. The summed E-state index contributed by atoms with van der Waals surface area (Å²) in [6.45, 7) is 0.183. The van der Waals surface area contributed by atoms with E-state index < -0.39 is 68.7 Å². The Morgan fingerprint density at radius 3 is 2.59 bits per heavy atom. The van der Waals surface area contributed by atoms with E-state index in [9.17, 15) is 27.6 Å². The number of methoxy groups -OCH3 is 1. The number of fused-ring (bicyclic) bond motifs is 5. The minimum atomic E-state index is -3.90. The van der Waals surface area contributed by atoms with Gasteiger partial charge in [0.2, 0.25) is 27.7 Å². The molecular weight excluding hydrogens is 743 g/mol. The van der Waals surface area contributed by atoms with Crippen molar-refractivity contribution >= 4 is 50.4 Å². The van der Waals surface area contributed by atoms with Crippen LogP contribution >= 0.6 is 0 Å². The number of nitrogens with zero attached hydrogens (tertiary/aromatic N) is 4. The Hall–Kier alpha value is -4.77. The molecule has 5 aliphatic rings. The number of rotatable bonds is 9. The van der Waals surface area contributed by atoms with Crippen molar-refractivity contribution in [2.75, 3.05) is 13.7 Å². The van der Waals surface area contributed by atoms with Gasteiger partial charge >= 0.3 is 6.09 Å². The predicted octanol–water partition coefficient (Wildman–Crippen LogP) is 3.42. The zero-order valence-corrected chi connectivity index (χ0v) is 32.3. The van der Waals surface area contributed by atoms with Gasteiger partial charge in [-0.1, -0.05) is 37.1 Å². The second-order valence-corrected chi connectivity index (χ2v) is 17.7. The van der Waals surface area contributed by atoms with Crippen LogP contribution in [-0.4, -0.2) is 100 Å². The third kappa shape index (κ3) is 7.92. The molecule has 1 aromatic carbocycles. The van der Waals surface area contributed by atoms with Crippen molar-refractivity contribution < 1.29 is 41.8 Å². The molecule has 0 bridgehead atoms. The maximum atomic E-state index is 14.6. The molecule has 2 aromatic heterocycles. The number of amides is 4.